The quantitative estimate of drug-likeness (QED) is 0.821. The van der Waals surface area contributed by atoms with Gasteiger partial charge in [-0.05, 0) is 24.6 Å². The molecule has 5 heteroatoms. The molecule has 1 aromatic carbocycles. The van der Waals surface area contributed by atoms with Gasteiger partial charge in [-0.1, -0.05) is 6.07 Å². The Morgan fingerprint density at radius 2 is 2.07 bits per heavy atom. The molecule has 0 aromatic heterocycles. The summed E-state index contributed by atoms with van der Waals surface area (Å²) in [7, 11) is 0. The number of aryl methyl sites for hydroxylation is 1. The van der Waals surface area contributed by atoms with Crippen LogP contribution in [0.5, 0.6) is 0 Å². The number of hydrogen-bond donors (Lipinski definition) is 1. The lowest BCUT2D eigenvalue weighted by atomic mass is 10.1. The molecule has 0 saturated carbocycles. The lowest BCUT2D eigenvalue weighted by molar-refractivity contribution is -0.115. The number of benzene rings is 1. The monoisotopic (exact) mass is 214 g/mol. The van der Waals surface area contributed by atoms with E-state index in [0.717, 1.165) is 0 Å². The van der Waals surface area contributed by atoms with Crippen LogP contribution in [0, 0.1) is 18.3 Å². The molecule has 1 N–H and O–H groups in total. The third kappa shape index (κ3) is 3.50. The number of nitrogens with zero attached hydrogens (tertiary/aromatic N) is 1. The largest absolute Gasteiger partial charge is 0.405 e. The maximum absolute atomic E-state index is 11.9. The standard InChI is InChI=1S/C10H9F3N2/c1-7-2-3-8(5-14)4-9(7)15-6-10(11,12)13/h2-4,15H,6H2,1H3. The molecule has 0 saturated heterocycles. The highest BCUT2D eigenvalue weighted by Gasteiger charge is 2.26. The van der Waals surface area contributed by atoms with Crippen molar-refractivity contribution in [2.45, 2.75) is 13.1 Å². The second-order valence-corrected chi connectivity index (χ2v) is 3.11. The third-order valence-electron chi connectivity index (χ3n) is 1.85. The van der Waals surface area contributed by atoms with Crippen LogP contribution >= 0.6 is 0 Å². The molecule has 0 aliphatic rings. The van der Waals surface area contributed by atoms with Crippen LogP contribution in [0.2, 0.25) is 0 Å². The van der Waals surface area contributed by atoms with Crippen molar-refractivity contribution in [3.05, 3.63) is 29.3 Å². The van der Waals surface area contributed by atoms with E-state index in [1.165, 1.54) is 6.07 Å². The van der Waals surface area contributed by atoms with E-state index in [4.69, 9.17) is 5.26 Å². The Labute approximate surface area is 85.3 Å². The lowest BCUT2D eigenvalue weighted by Crippen LogP contribution is -2.21. The van der Waals surface area contributed by atoms with Gasteiger partial charge in [0.15, 0.2) is 0 Å². The maximum Gasteiger partial charge on any atom is 0.405 e. The van der Waals surface area contributed by atoms with Crippen LogP contribution in [0.4, 0.5) is 18.9 Å². The fourth-order valence-electron chi connectivity index (χ4n) is 1.08. The van der Waals surface area contributed by atoms with Crippen molar-refractivity contribution in [1.82, 2.24) is 0 Å². The first kappa shape index (κ1) is 11.4. The van der Waals surface area contributed by atoms with Gasteiger partial charge in [0.1, 0.15) is 6.54 Å². The summed E-state index contributed by atoms with van der Waals surface area (Å²) >= 11 is 0. The molecular weight excluding hydrogens is 205 g/mol. The average molecular weight is 214 g/mol. The summed E-state index contributed by atoms with van der Waals surface area (Å²) < 4.78 is 35.8. The molecule has 0 heterocycles. The molecular formula is C10H9F3N2. The number of halogens is 3. The number of alkyl halides is 3. The number of rotatable bonds is 2. The average Bonchev–Trinajstić information content (AvgIpc) is 2.15. The summed E-state index contributed by atoms with van der Waals surface area (Å²) in [5, 5.41) is 10.8. The number of hydrogen-bond acceptors (Lipinski definition) is 2. The van der Waals surface area contributed by atoms with Gasteiger partial charge in [-0.2, -0.15) is 18.4 Å². The molecule has 1 aromatic rings. The van der Waals surface area contributed by atoms with Gasteiger partial charge in [0.2, 0.25) is 0 Å². The first-order valence-corrected chi connectivity index (χ1v) is 4.24. The Morgan fingerprint density at radius 3 is 2.60 bits per heavy atom. The van der Waals surface area contributed by atoms with Crippen molar-refractivity contribution in [3.8, 4) is 6.07 Å². The molecule has 0 aliphatic carbocycles. The molecule has 2 nitrogen and oxygen atoms in total. The second-order valence-electron chi connectivity index (χ2n) is 3.11. The van der Waals surface area contributed by atoms with E-state index in [-0.39, 0.29) is 0 Å². The molecule has 0 amide bonds. The fourth-order valence-corrected chi connectivity index (χ4v) is 1.08. The Hall–Kier alpha value is -1.70. The molecule has 1 rings (SSSR count). The van der Waals surface area contributed by atoms with E-state index < -0.39 is 12.7 Å². The van der Waals surface area contributed by atoms with Gasteiger partial charge < -0.3 is 5.32 Å². The summed E-state index contributed by atoms with van der Waals surface area (Å²) in [6, 6.07) is 6.45. The lowest BCUT2D eigenvalue weighted by Gasteiger charge is -2.11. The van der Waals surface area contributed by atoms with Crippen LogP contribution in [-0.4, -0.2) is 12.7 Å². The zero-order chi connectivity index (χ0) is 11.5. The molecule has 0 aliphatic heterocycles. The van der Waals surface area contributed by atoms with Gasteiger partial charge >= 0.3 is 6.18 Å². The Morgan fingerprint density at radius 1 is 1.40 bits per heavy atom. The molecule has 0 spiro atoms. The normalized spacial score (nSPS) is 10.9. The van der Waals surface area contributed by atoms with Crippen molar-refractivity contribution < 1.29 is 13.2 Å². The minimum atomic E-state index is -4.25. The predicted molar refractivity (Wildman–Crippen MR) is 50.4 cm³/mol. The topological polar surface area (TPSA) is 35.8 Å². The van der Waals surface area contributed by atoms with E-state index in [0.29, 0.717) is 16.8 Å². The first-order chi connectivity index (χ1) is 6.92. The summed E-state index contributed by atoms with van der Waals surface area (Å²) in [4.78, 5) is 0. The van der Waals surface area contributed by atoms with Crippen molar-refractivity contribution in [3.63, 3.8) is 0 Å². The summed E-state index contributed by atoms with van der Waals surface area (Å²) in [6.07, 6.45) is -4.25. The van der Waals surface area contributed by atoms with Crippen LogP contribution in [0.15, 0.2) is 18.2 Å². The fraction of sp³-hybridized carbons (Fsp3) is 0.300. The highest BCUT2D eigenvalue weighted by molar-refractivity contribution is 5.55. The van der Waals surface area contributed by atoms with E-state index in [2.05, 4.69) is 5.32 Å². The minimum Gasteiger partial charge on any atom is -0.376 e. The SMILES string of the molecule is Cc1ccc(C#N)cc1NCC(F)(F)F. The summed E-state index contributed by atoms with van der Waals surface area (Å²) in [6.45, 7) is 0.586. The van der Waals surface area contributed by atoms with E-state index in [1.54, 1.807) is 19.1 Å². The highest BCUT2D eigenvalue weighted by atomic mass is 19.4. The van der Waals surface area contributed by atoms with Crippen molar-refractivity contribution in [2.75, 3.05) is 11.9 Å². The van der Waals surface area contributed by atoms with Crippen LogP contribution in [0.3, 0.4) is 0 Å². The van der Waals surface area contributed by atoms with Crippen LogP contribution < -0.4 is 5.32 Å². The first-order valence-electron chi connectivity index (χ1n) is 4.24. The summed E-state index contributed by atoms with van der Waals surface area (Å²) in [5.74, 6) is 0. The zero-order valence-corrected chi connectivity index (χ0v) is 8.02. The van der Waals surface area contributed by atoms with Gasteiger partial charge in [0.05, 0.1) is 11.6 Å². The highest BCUT2D eigenvalue weighted by Crippen LogP contribution is 2.20. The van der Waals surface area contributed by atoms with E-state index in [1.807, 2.05) is 6.07 Å². The second kappa shape index (κ2) is 4.22. The van der Waals surface area contributed by atoms with Crippen molar-refractivity contribution in [2.24, 2.45) is 0 Å². The molecule has 0 fully saturated rings. The molecule has 80 valence electrons. The third-order valence-corrected chi connectivity index (χ3v) is 1.85. The zero-order valence-electron chi connectivity index (χ0n) is 8.02. The minimum absolute atomic E-state index is 0.338. The van der Waals surface area contributed by atoms with Crippen molar-refractivity contribution in [1.29, 1.82) is 5.26 Å². The molecule has 15 heavy (non-hydrogen) atoms. The van der Waals surface area contributed by atoms with E-state index in [9.17, 15) is 13.2 Å². The van der Waals surface area contributed by atoms with Gasteiger partial charge in [0, 0.05) is 5.69 Å². The molecule has 0 unspecified atom stereocenters. The molecule has 0 bridgehead atoms. The van der Waals surface area contributed by atoms with Gasteiger partial charge in [-0.3, -0.25) is 0 Å². The maximum atomic E-state index is 11.9. The summed E-state index contributed by atoms with van der Waals surface area (Å²) in [5.41, 5.74) is 1.36. The predicted octanol–water partition coefficient (Wildman–Crippen LogP) is 2.84. The van der Waals surface area contributed by atoms with Crippen LogP contribution in [0.25, 0.3) is 0 Å². The number of nitrogens with one attached hydrogen (secondary N) is 1. The Bertz CT molecular complexity index is 391. The smallest absolute Gasteiger partial charge is 0.376 e. The molecule has 0 radical (unpaired) electrons. The number of anilines is 1. The van der Waals surface area contributed by atoms with Crippen molar-refractivity contribution >= 4 is 5.69 Å². The van der Waals surface area contributed by atoms with Gasteiger partial charge in [-0.25, -0.2) is 0 Å². The Balaban J connectivity index is 2.81. The van der Waals surface area contributed by atoms with Crippen LogP contribution in [0.1, 0.15) is 11.1 Å². The van der Waals surface area contributed by atoms with E-state index >= 15 is 0 Å². The van der Waals surface area contributed by atoms with Crippen LogP contribution in [-0.2, 0) is 0 Å². The molecule has 0 atom stereocenters. The van der Waals surface area contributed by atoms with Gasteiger partial charge in [0.25, 0.3) is 0 Å². The van der Waals surface area contributed by atoms with Gasteiger partial charge in [-0.15, -0.1) is 0 Å². The Kier molecular flexibility index (Phi) is 3.20. The number of nitriles is 1.